The Kier molecular flexibility index (Phi) is 13.2. The topological polar surface area (TPSA) is 117 Å². The van der Waals surface area contributed by atoms with Gasteiger partial charge in [0.1, 0.15) is 0 Å². The van der Waals surface area contributed by atoms with Crippen LogP contribution in [-0.2, 0) is 16.0 Å². The van der Waals surface area contributed by atoms with Gasteiger partial charge in [0.05, 0.1) is 0 Å². The molecule has 158 valence electrons. The van der Waals surface area contributed by atoms with Gasteiger partial charge in [-0.3, -0.25) is 19.1 Å². The lowest BCUT2D eigenvalue weighted by Crippen LogP contribution is -2.38. The predicted molar refractivity (Wildman–Crippen MR) is 108 cm³/mol. The number of nitrogens with one attached hydrogen (secondary N) is 3. The number of hydrogen-bond acceptors (Lipinski definition) is 5. The smallest absolute Gasteiger partial charge is 0.351 e. The summed E-state index contributed by atoms with van der Waals surface area (Å²) >= 11 is 0. The first-order chi connectivity index (χ1) is 13.6. The van der Waals surface area contributed by atoms with Gasteiger partial charge < -0.3 is 10.6 Å². The Hall–Kier alpha value is -2.38. The normalized spacial score (nSPS) is 11.0. The third-order valence-electron chi connectivity index (χ3n) is 4.45. The monoisotopic (exact) mass is 394 g/mol. The summed E-state index contributed by atoms with van der Waals surface area (Å²) in [5, 5.41) is 8.54. The van der Waals surface area contributed by atoms with Crippen molar-refractivity contribution in [1.29, 1.82) is 0 Å². The lowest BCUT2D eigenvalue weighted by Gasteiger charge is -2.02. The number of aromatic amines is 1. The fourth-order valence-corrected chi connectivity index (χ4v) is 2.83. The van der Waals surface area contributed by atoms with E-state index in [4.69, 9.17) is 0 Å². The lowest BCUT2D eigenvalue weighted by molar-refractivity contribution is -0.138. The van der Waals surface area contributed by atoms with Crippen molar-refractivity contribution in [3.8, 4) is 0 Å². The zero-order chi connectivity index (χ0) is 20.5. The van der Waals surface area contributed by atoms with Crippen molar-refractivity contribution in [2.75, 3.05) is 13.6 Å². The molecule has 3 N–H and O–H groups in total. The molecule has 0 radical (unpaired) electrons. The zero-order valence-corrected chi connectivity index (χ0v) is 16.9. The standard InChI is InChI=1S/C20H34N4O4/c1-21-18(25)19(26)22-16-14-12-10-8-6-4-2-3-5-7-9-11-13-15-17-23-20(27)28-24-17/h6,8H,2-5,7,9-16H2,1H3,(H,21,25)(H,22,26)(H,23,24,27)/b8-6-. The Bertz CT molecular complexity index is 636. The summed E-state index contributed by atoms with van der Waals surface area (Å²) in [7, 11) is 1.44. The summed E-state index contributed by atoms with van der Waals surface area (Å²) in [5.74, 6) is -0.991. The van der Waals surface area contributed by atoms with Crippen LogP contribution in [0.4, 0.5) is 0 Å². The van der Waals surface area contributed by atoms with Crippen LogP contribution in [0, 0.1) is 0 Å². The SMILES string of the molecule is CNC(=O)C(=O)NCCCC/C=C\CCCCCCCCCc1noc(=O)[nH]1. The number of allylic oxidation sites excluding steroid dienone is 2. The maximum Gasteiger partial charge on any atom is 0.438 e. The van der Waals surface area contributed by atoms with Crippen molar-refractivity contribution in [1.82, 2.24) is 20.8 Å². The van der Waals surface area contributed by atoms with Crippen LogP contribution in [0.2, 0.25) is 0 Å². The molecule has 8 heteroatoms. The van der Waals surface area contributed by atoms with Crippen molar-refractivity contribution in [3.05, 3.63) is 28.5 Å². The number of hydrogen-bond donors (Lipinski definition) is 3. The fourth-order valence-electron chi connectivity index (χ4n) is 2.83. The molecular weight excluding hydrogens is 360 g/mol. The minimum atomic E-state index is -0.594. The van der Waals surface area contributed by atoms with Crippen molar-refractivity contribution in [2.45, 2.75) is 77.0 Å². The first kappa shape index (κ1) is 23.7. The van der Waals surface area contributed by atoms with Crippen molar-refractivity contribution < 1.29 is 14.1 Å². The van der Waals surface area contributed by atoms with Gasteiger partial charge in [-0.25, -0.2) is 4.79 Å². The molecule has 1 aromatic heterocycles. The maximum atomic E-state index is 11.2. The third kappa shape index (κ3) is 12.1. The number of unbranched alkanes of at least 4 members (excludes halogenated alkanes) is 9. The number of nitrogens with zero attached hydrogens (tertiary/aromatic N) is 1. The van der Waals surface area contributed by atoms with E-state index in [0.29, 0.717) is 12.4 Å². The molecule has 1 rings (SSSR count). The quantitative estimate of drug-likeness (QED) is 0.240. The van der Waals surface area contributed by atoms with Gasteiger partial charge >= 0.3 is 17.6 Å². The number of aryl methyl sites for hydroxylation is 1. The van der Waals surface area contributed by atoms with Gasteiger partial charge in [-0.05, 0) is 38.5 Å². The van der Waals surface area contributed by atoms with E-state index in [0.717, 1.165) is 44.9 Å². The molecular formula is C20H34N4O4. The van der Waals surface area contributed by atoms with Crippen LogP contribution in [-0.4, -0.2) is 35.5 Å². The number of carbonyl (C=O) groups excluding carboxylic acids is 2. The van der Waals surface area contributed by atoms with Crippen LogP contribution in [0.5, 0.6) is 0 Å². The molecule has 0 bridgehead atoms. The highest BCUT2D eigenvalue weighted by atomic mass is 16.5. The van der Waals surface area contributed by atoms with Crippen molar-refractivity contribution in [3.63, 3.8) is 0 Å². The Balaban J connectivity index is 1.80. The first-order valence-corrected chi connectivity index (χ1v) is 10.3. The molecule has 0 fully saturated rings. The lowest BCUT2D eigenvalue weighted by atomic mass is 10.1. The molecule has 2 amide bonds. The number of rotatable bonds is 15. The maximum absolute atomic E-state index is 11.2. The van der Waals surface area contributed by atoms with Crippen LogP contribution in [0.1, 0.15) is 76.5 Å². The molecule has 0 atom stereocenters. The van der Waals surface area contributed by atoms with Gasteiger partial charge in [0.15, 0.2) is 5.82 Å². The molecule has 8 nitrogen and oxygen atoms in total. The molecule has 0 aliphatic rings. The van der Waals surface area contributed by atoms with E-state index < -0.39 is 17.6 Å². The van der Waals surface area contributed by atoms with E-state index >= 15 is 0 Å². The van der Waals surface area contributed by atoms with Gasteiger partial charge in [0, 0.05) is 20.0 Å². The number of likely N-dealkylation sites (N-methyl/N-ethyl adjacent to an activating group) is 1. The third-order valence-corrected chi connectivity index (χ3v) is 4.45. The largest absolute Gasteiger partial charge is 0.438 e. The highest BCUT2D eigenvalue weighted by Crippen LogP contribution is 2.10. The molecule has 28 heavy (non-hydrogen) atoms. The highest BCUT2D eigenvalue weighted by Gasteiger charge is 2.08. The molecule has 0 aromatic carbocycles. The minimum Gasteiger partial charge on any atom is -0.351 e. The molecule has 0 aliphatic heterocycles. The zero-order valence-electron chi connectivity index (χ0n) is 16.9. The molecule has 0 unspecified atom stereocenters. The summed E-state index contributed by atoms with van der Waals surface area (Å²) in [6.45, 7) is 0.538. The van der Waals surface area contributed by atoms with Crippen LogP contribution in [0.25, 0.3) is 0 Å². The molecule has 0 spiro atoms. The van der Waals surface area contributed by atoms with Crippen LogP contribution in [0.15, 0.2) is 21.5 Å². The average Bonchev–Trinajstić information content (AvgIpc) is 3.11. The summed E-state index contributed by atoms with van der Waals surface area (Å²) in [6, 6.07) is 0. The van der Waals surface area contributed by atoms with Crippen LogP contribution in [0.3, 0.4) is 0 Å². The minimum absolute atomic E-state index is 0.476. The first-order valence-electron chi connectivity index (χ1n) is 10.3. The number of aromatic nitrogens is 2. The molecule has 1 heterocycles. The van der Waals surface area contributed by atoms with Crippen LogP contribution >= 0.6 is 0 Å². The number of carbonyl (C=O) groups is 2. The van der Waals surface area contributed by atoms with Gasteiger partial charge in [-0.1, -0.05) is 49.4 Å². The molecule has 0 saturated heterocycles. The summed E-state index contributed by atoms with van der Waals surface area (Å²) in [4.78, 5) is 35.6. The van der Waals surface area contributed by atoms with E-state index in [1.807, 2.05) is 0 Å². The second-order valence-electron chi connectivity index (χ2n) is 6.86. The summed E-state index contributed by atoms with van der Waals surface area (Å²) < 4.78 is 4.46. The second-order valence-corrected chi connectivity index (χ2v) is 6.86. The van der Waals surface area contributed by atoms with Crippen molar-refractivity contribution in [2.24, 2.45) is 0 Å². The van der Waals surface area contributed by atoms with E-state index in [2.05, 4.69) is 37.4 Å². The van der Waals surface area contributed by atoms with E-state index in [1.165, 1.54) is 39.2 Å². The highest BCUT2D eigenvalue weighted by molar-refractivity contribution is 6.34. The van der Waals surface area contributed by atoms with Gasteiger partial charge in [0.25, 0.3) is 0 Å². The van der Waals surface area contributed by atoms with Crippen molar-refractivity contribution >= 4 is 11.8 Å². The van der Waals surface area contributed by atoms with E-state index in [-0.39, 0.29) is 0 Å². The Morgan fingerprint density at radius 2 is 1.54 bits per heavy atom. The van der Waals surface area contributed by atoms with Gasteiger partial charge in [-0.15, -0.1) is 0 Å². The average molecular weight is 395 g/mol. The second kappa shape index (κ2) is 15.7. The molecule has 0 saturated carbocycles. The number of amides is 2. The van der Waals surface area contributed by atoms with Crippen LogP contribution < -0.4 is 16.4 Å². The summed E-state index contributed by atoms with van der Waals surface area (Å²) in [5.41, 5.74) is 0. The molecule has 1 aromatic rings. The van der Waals surface area contributed by atoms with E-state index in [9.17, 15) is 14.4 Å². The summed E-state index contributed by atoms with van der Waals surface area (Å²) in [6.07, 6.45) is 17.6. The van der Waals surface area contributed by atoms with Gasteiger partial charge in [0.2, 0.25) is 0 Å². The number of H-pyrrole nitrogens is 1. The Morgan fingerprint density at radius 3 is 2.14 bits per heavy atom. The van der Waals surface area contributed by atoms with Gasteiger partial charge in [-0.2, -0.15) is 0 Å². The fraction of sp³-hybridized carbons (Fsp3) is 0.700. The Morgan fingerprint density at radius 1 is 0.929 bits per heavy atom. The molecule has 0 aliphatic carbocycles. The predicted octanol–water partition coefficient (Wildman–Crippen LogP) is 2.61. The Labute approximate surface area is 166 Å². The van der Waals surface area contributed by atoms with E-state index in [1.54, 1.807) is 0 Å².